The molecule has 0 amide bonds. The molecule has 0 aliphatic heterocycles. The van der Waals surface area contributed by atoms with Crippen LogP contribution in [0.15, 0.2) is 24.3 Å². The number of ether oxygens (including phenoxy) is 2. The van der Waals surface area contributed by atoms with E-state index in [2.05, 4.69) is 0 Å². The van der Waals surface area contributed by atoms with Gasteiger partial charge in [-0.15, -0.1) is 0 Å². The van der Waals surface area contributed by atoms with Gasteiger partial charge < -0.3 is 9.47 Å². The van der Waals surface area contributed by atoms with Crippen molar-refractivity contribution in [2.45, 2.75) is 53.6 Å². The van der Waals surface area contributed by atoms with Gasteiger partial charge in [0.2, 0.25) is 0 Å². The quantitative estimate of drug-likeness (QED) is 0.622. The Bertz CT molecular complexity index is 507. The van der Waals surface area contributed by atoms with E-state index in [1.54, 1.807) is 24.3 Å². The van der Waals surface area contributed by atoms with Gasteiger partial charge in [0, 0.05) is 0 Å². The first-order valence-electron chi connectivity index (χ1n) is 7.11. The van der Waals surface area contributed by atoms with Crippen molar-refractivity contribution in [3.63, 3.8) is 0 Å². The fourth-order valence-electron chi connectivity index (χ4n) is 1.39. The molecular weight excluding hydrogens is 268 g/mol. The number of carbonyl (C=O) groups is 2. The lowest BCUT2D eigenvalue weighted by molar-refractivity contribution is -0.144. The van der Waals surface area contributed by atoms with Crippen LogP contribution in [0.2, 0.25) is 0 Å². The smallest absolute Gasteiger partial charge is 0.338 e. The van der Waals surface area contributed by atoms with Crippen molar-refractivity contribution in [1.29, 1.82) is 0 Å². The average Bonchev–Trinajstić information content (AvgIpc) is 2.37. The number of hydrogen-bond acceptors (Lipinski definition) is 4. The lowest BCUT2D eigenvalue weighted by Crippen LogP contribution is -2.28. The highest BCUT2D eigenvalue weighted by Crippen LogP contribution is 2.24. The van der Waals surface area contributed by atoms with Gasteiger partial charge in [0.05, 0.1) is 11.0 Å². The van der Waals surface area contributed by atoms with Crippen LogP contribution in [0, 0.1) is 5.41 Å². The lowest BCUT2D eigenvalue weighted by Gasteiger charge is -2.20. The molecule has 0 radical (unpaired) electrons. The summed E-state index contributed by atoms with van der Waals surface area (Å²) in [7, 11) is 0. The van der Waals surface area contributed by atoms with E-state index in [1.807, 2.05) is 41.5 Å². The topological polar surface area (TPSA) is 52.6 Å². The number of hydrogen-bond donors (Lipinski definition) is 0. The van der Waals surface area contributed by atoms with E-state index >= 15 is 0 Å². The molecule has 1 aromatic carbocycles. The first-order valence-corrected chi connectivity index (χ1v) is 7.11. The summed E-state index contributed by atoms with van der Waals surface area (Å²) in [6.07, 6.45) is 0.696. The summed E-state index contributed by atoms with van der Waals surface area (Å²) < 4.78 is 10.6. The van der Waals surface area contributed by atoms with Crippen LogP contribution >= 0.6 is 0 Å². The van der Waals surface area contributed by atoms with E-state index in [1.165, 1.54) is 0 Å². The maximum atomic E-state index is 12.0. The number of benzene rings is 1. The molecule has 0 aliphatic rings. The van der Waals surface area contributed by atoms with Gasteiger partial charge in [-0.25, -0.2) is 4.79 Å². The average molecular weight is 292 g/mol. The second-order valence-electron chi connectivity index (χ2n) is 6.65. The van der Waals surface area contributed by atoms with Crippen molar-refractivity contribution < 1.29 is 19.1 Å². The molecule has 0 aromatic heterocycles. The minimum absolute atomic E-state index is 0.282. The van der Waals surface area contributed by atoms with E-state index in [9.17, 15) is 9.59 Å². The molecule has 21 heavy (non-hydrogen) atoms. The Morgan fingerprint density at radius 2 is 1.52 bits per heavy atom. The molecule has 0 aliphatic carbocycles. The highest BCUT2D eigenvalue weighted by Gasteiger charge is 2.27. The SMILES string of the molecule is CCC(C)(C)C(=O)Oc1ccc(C(=O)OC(C)(C)C)cc1. The van der Waals surface area contributed by atoms with Gasteiger partial charge >= 0.3 is 11.9 Å². The first-order chi connectivity index (χ1) is 9.55. The molecule has 1 rings (SSSR count). The summed E-state index contributed by atoms with van der Waals surface area (Å²) in [5.41, 5.74) is -0.628. The van der Waals surface area contributed by atoms with Gasteiger partial charge in [0.25, 0.3) is 0 Å². The van der Waals surface area contributed by atoms with Crippen LogP contribution in [-0.4, -0.2) is 17.5 Å². The maximum absolute atomic E-state index is 12.0. The summed E-state index contributed by atoms with van der Waals surface area (Å²) in [5.74, 6) is -0.252. The minimum atomic E-state index is -0.534. The van der Waals surface area contributed by atoms with Gasteiger partial charge in [0.15, 0.2) is 0 Å². The maximum Gasteiger partial charge on any atom is 0.338 e. The van der Waals surface area contributed by atoms with Gasteiger partial charge in [-0.1, -0.05) is 6.92 Å². The third kappa shape index (κ3) is 5.21. The zero-order valence-electron chi connectivity index (χ0n) is 13.6. The fourth-order valence-corrected chi connectivity index (χ4v) is 1.39. The highest BCUT2D eigenvalue weighted by molar-refractivity contribution is 5.90. The summed E-state index contributed by atoms with van der Waals surface area (Å²) in [5, 5.41) is 0. The molecule has 0 N–H and O–H groups in total. The standard InChI is InChI=1S/C17H24O4/c1-7-17(5,6)15(19)20-13-10-8-12(9-11-13)14(18)21-16(2,3)4/h8-11H,7H2,1-6H3. The van der Waals surface area contributed by atoms with Crippen molar-refractivity contribution in [2.75, 3.05) is 0 Å². The van der Waals surface area contributed by atoms with E-state index in [0.717, 1.165) is 0 Å². The Kier molecular flexibility index (Phi) is 5.15. The molecule has 4 heteroatoms. The Morgan fingerprint density at radius 3 is 1.95 bits per heavy atom. The summed E-state index contributed by atoms with van der Waals surface area (Å²) in [6, 6.07) is 6.39. The second kappa shape index (κ2) is 6.29. The summed E-state index contributed by atoms with van der Waals surface area (Å²) in [6.45, 7) is 11.1. The van der Waals surface area contributed by atoms with E-state index < -0.39 is 17.0 Å². The van der Waals surface area contributed by atoms with Crippen LogP contribution in [0.4, 0.5) is 0 Å². The van der Waals surface area contributed by atoms with Crippen molar-refractivity contribution in [1.82, 2.24) is 0 Å². The van der Waals surface area contributed by atoms with E-state index in [-0.39, 0.29) is 5.97 Å². The van der Waals surface area contributed by atoms with Gasteiger partial charge in [0.1, 0.15) is 11.4 Å². The minimum Gasteiger partial charge on any atom is -0.456 e. The number of esters is 2. The molecule has 0 fully saturated rings. The van der Waals surface area contributed by atoms with Gasteiger partial charge in [-0.2, -0.15) is 0 Å². The van der Waals surface area contributed by atoms with Crippen molar-refractivity contribution in [3.8, 4) is 5.75 Å². The largest absolute Gasteiger partial charge is 0.456 e. The molecule has 0 unspecified atom stereocenters. The van der Waals surface area contributed by atoms with Gasteiger partial charge in [-0.05, 0) is 65.3 Å². The molecule has 1 aromatic rings. The predicted octanol–water partition coefficient (Wildman–Crippen LogP) is 3.98. The Labute approximate surface area is 126 Å². The Morgan fingerprint density at radius 1 is 1.00 bits per heavy atom. The van der Waals surface area contributed by atoms with Crippen LogP contribution in [0.3, 0.4) is 0 Å². The van der Waals surface area contributed by atoms with Crippen LogP contribution in [0.25, 0.3) is 0 Å². The molecule has 116 valence electrons. The van der Waals surface area contributed by atoms with Crippen LogP contribution in [0.5, 0.6) is 5.75 Å². The molecule has 0 spiro atoms. The molecule has 0 bridgehead atoms. The Hall–Kier alpha value is -1.84. The van der Waals surface area contributed by atoms with Crippen LogP contribution in [-0.2, 0) is 9.53 Å². The van der Waals surface area contributed by atoms with E-state index in [0.29, 0.717) is 17.7 Å². The number of carbonyl (C=O) groups excluding carboxylic acids is 2. The lowest BCUT2D eigenvalue weighted by atomic mass is 9.91. The van der Waals surface area contributed by atoms with Crippen molar-refractivity contribution >= 4 is 11.9 Å². The molecule has 0 saturated heterocycles. The Balaban J connectivity index is 2.75. The van der Waals surface area contributed by atoms with E-state index in [4.69, 9.17) is 9.47 Å². The highest BCUT2D eigenvalue weighted by atomic mass is 16.6. The third-order valence-corrected chi connectivity index (χ3v) is 3.14. The molecule has 4 nitrogen and oxygen atoms in total. The van der Waals surface area contributed by atoms with Crippen molar-refractivity contribution in [3.05, 3.63) is 29.8 Å². The monoisotopic (exact) mass is 292 g/mol. The van der Waals surface area contributed by atoms with Crippen LogP contribution in [0.1, 0.15) is 58.3 Å². The molecule has 0 saturated carbocycles. The summed E-state index contributed by atoms with van der Waals surface area (Å²) in [4.78, 5) is 23.8. The normalized spacial score (nSPS) is 11.9. The predicted molar refractivity (Wildman–Crippen MR) is 81.3 cm³/mol. The number of rotatable bonds is 4. The molecule has 0 atom stereocenters. The third-order valence-electron chi connectivity index (χ3n) is 3.14. The summed E-state index contributed by atoms with van der Waals surface area (Å²) >= 11 is 0. The fraction of sp³-hybridized carbons (Fsp3) is 0.529. The van der Waals surface area contributed by atoms with Crippen LogP contribution < -0.4 is 4.74 Å². The second-order valence-corrected chi connectivity index (χ2v) is 6.65. The molecule has 0 heterocycles. The zero-order chi connectivity index (χ0) is 16.3. The molecular formula is C17H24O4. The van der Waals surface area contributed by atoms with Crippen molar-refractivity contribution in [2.24, 2.45) is 5.41 Å². The van der Waals surface area contributed by atoms with Gasteiger partial charge in [-0.3, -0.25) is 4.79 Å². The first kappa shape index (κ1) is 17.2. The zero-order valence-corrected chi connectivity index (χ0v) is 13.6.